The highest BCUT2D eigenvalue weighted by Gasteiger charge is 2.36. The topological polar surface area (TPSA) is 86.8 Å². The fourth-order valence-electron chi connectivity index (χ4n) is 4.82. The summed E-state index contributed by atoms with van der Waals surface area (Å²) in [5.41, 5.74) is 2.06. The molecule has 4 heterocycles. The number of hydrogen-bond donors (Lipinski definition) is 0. The van der Waals surface area contributed by atoms with E-state index in [0.717, 1.165) is 37.6 Å². The molecular weight excluding hydrogens is 447 g/mol. The second kappa shape index (κ2) is 8.81. The van der Waals surface area contributed by atoms with Gasteiger partial charge in [0, 0.05) is 29.7 Å². The third-order valence-electron chi connectivity index (χ3n) is 6.69. The van der Waals surface area contributed by atoms with Gasteiger partial charge in [-0.3, -0.25) is 4.90 Å². The molecular formula is C22H24Cl2N8. The lowest BCUT2D eigenvalue weighted by atomic mass is 9.80. The zero-order valence-corrected chi connectivity index (χ0v) is 19.3. The average molecular weight is 471 g/mol. The van der Waals surface area contributed by atoms with Crippen LogP contribution in [0.15, 0.2) is 24.4 Å². The standard InChI is InChI=1S/C22H24Cl2N8/c1-14(18-5-4-17(23)9-19(18)24)32-22-21(28-29-32)26-10-20(27-22)31-12-16(13-31)15-3-2-7-30(11-15)8-6-25/h4-5,9-10,14-16H,2-3,7-8,11-13H2,1H3/t14-,15+/m1/s1. The molecule has 0 aliphatic carbocycles. The maximum absolute atomic E-state index is 8.99. The van der Waals surface area contributed by atoms with Gasteiger partial charge in [0.2, 0.25) is 11.3 Å². The molecule has 0 N–H and O–H groups in total. The molecule has 0 saturated carbocycles. The number of aromatic nitrogens is 5. The fraction of sp³-hybridized carbons (Fsp3) is 0.500. The van der Waals surface area contributed by atoms with Crippen molar-refractivity contribution in [2.24, 2.45) is 11.8 Å². The number of likely N-dealkylation sites (tertiary alicyclic amines) is 1. The van der Waals surface area contributed by atoms with Crippen molar-refractivity contribution in [2.75, 3.05) is 37.6 Å². The average Bonchev–Trinajstić information content (AvgIpc) is 3.16. The molecule has 1 aromatic carbocycles. The third kappa shape index (κ3) is 4.01. The van der Waals surface area contributed by atoms with Crippen LogP contribution in [0, 0.1) is 23.2 Å². The summed E-state index contributed by atoms with van der Waals surface area (Å²) >= 11 is 12.5. The van der Waals surface area contributed by atoms with Crippen molar-refractivity contribution in [3.8, 4) is 6.07 Å². The van der Waals surface area contributed by atoms with Crippen molar-refractivity contribution < 1.29 is 0 Å². The number of nitriles is 1. The molecule has 32 heavy (non-hydrogen) atoms. The number of anilines is 1. The van der Waals surface area contributed by atoms with E-state index >= 15 is 0 Å². The van der Waals surface area contributed by atoms with Crippen LogP contribution >= 0.6 is 23.2 Å². The van der Waals surface area contributed by atoms with Gasteiger partial charge in [0.05, 0.1) is 24.9 Å². The Morgan fingerprint density at radius 1 is 1.22 bits per heavy atom. The lowest BCUT2D eigenvalue weighted by Gasteiger charge is -2.46. The Kier molecular flexibility index (Phi) is 5.89. The lowest BCUT2D eigenvalue weighted by molar-refractivity contribution is 0.130. The zero-order valence-electron chi connectivity index (χ0n) is 17.8. The highest BCUT2D eigenvalue weighted by molar-refractivity contribution is 6.35. The van der Waals surface area contributed by atoms with E-state index in [-0.39, 0.29) is 6.04 Å². The van der Waals surface area contributed by atoms with Gasteiger partial charge in [-0.15, -0.1) is 5.10 Å². The van der Waals surface area contributed by atoms with Crippen molar-refractivity contribution in [3.05, 3.63) is 40.0 Å². The van der Waals surface area contributed by atoms with Crippen LogP contribution in [0.25, 0.3) is 11.3 Å². The molecule has 0 radical (unpaired) electrons. The SMILES string of the molecule is C[C@H](c1ccc(Cl)cc1Cl)n1nnc2ncc(N3CC([C@H]4CCCN(CC#N)C4)C3)nc21. The molecule has 166 valence electrons. The van der Waals surface area contributed by atoms with Gasteiger partial charge >= 0.3 is 0 Å². The van der Waals surface area contributed by atoms with Crippen LogP contribution < -0.4 is 4.90 Å². The number of piperidine rings is 1. The number of halogens is 2. The van der Waals surface area contributed by atoms with Crippen molar-refractivity contribution in [1.82, 2.24) is 29.9 Å². The van der Waals surface area contributed by atoms with Crippen LogP contribution in [0.5, 0.6) is 0 Å². The number of benzene rings is 1. The molecule has 10 heteroatoms. The maximum atomic E-state index is 8.99. The van der Waals surface area contributed by atoms with Crippen LogP contribution in [-0.4, -0.2) is 62.6 Å². The number of rotatable bonds is 5. The van der Waals surface area contributed by atoms with Crippen molar-refractivity contribution >= 4 is 40.3 Å². The van der Waals surface area contributed by atoms with Crippen LogP contribution in [0.3, 0.4) is 0 Å². The Balaban J connectivity index is 1.32. The smallest absolute Gasteiger partial charge is 0.221 e. The first kappa shape index (κ1) is 21.4. The molecule has 2 atom stereocenters. The molecule has 2 aliphatic rings. The largest absolute Gasteiger partial charge is 0.355 e. The molecule has 0 spiro atoms. The van der Waals surface area contributed by atoms with E-state index in [1.807, 2.05) is 19.1 Å². The van der Waals surface area contributed by atoms with Gasteiger partial charge in [0.25, 0.3) is 0 Å². The minimum absolute atomic E-state index is 0.160. The van der Waals surface area contributed by atoms with Crippen LogP contribution in [-0.2, 0) is 0 Å². The van der Waals surface area contributed by atoms with Gasteiger partial charge in [0.15, 0.2) is 0 Å². The zero-order chi connectivity index (χ0) is 22.2. The Labute approximate surface area is 196 Å². The van der Waals surface area contributed by atoms with Gasteiger partial charge in [-0.1, -0.05) is 34.5 Å². The molecule has 2 saturated heterocycles. The van der Waals surface area contributed by atoms with E-state index in [9.17, 15) is 0 Å². The maximum Gasteiger partial charge on any atom is 0.221 e. The molecule has 0 amide bonds. The molecule has 2 aromatic heterocycles. The first-order valence-corrected chi connectivity index (χ1v) is 11.7. The van der Waals surface area contributed by atoms with E-state index < -0.39 is 0 Å². The summed E-state index contributed by atoms with van der Waals surface area (Å²) in [5, 5.41) is 18.7. The molecule has 8 nitrogen and oxygen atoms in total. The number of nitrogens with zero attached hydrogens (tertiary/aromatic N) is 8. The van der Waals surface area contributed by atoms with Crippen LogP contribution in [0.2, 0.25) is 10.0 Å². The predicted molar refractivity (Wildman–Crippen MR) is 124 cm³/mol. The summed E-state index contributed by atoms with van der Waals surface area (Å²) in [4.78, 5) is 13.9. The van der Waals surface area contributed by atoms with Crippen molar-refractivity contribution in [3.63, 3.8) is 0 Å². The summed E-state index contributed by atoms with van der Waals surface area (Å²) in [6.45, 7) is 6.52. The Morgan fingerprint density at radius 3 is 2.84 bits per heavy atom. The third-order valence-corrected chi connectivity index (χ3v) is 7.25. The minimum atomic E-state index is -0.160. The van der Waals surface area contributed by atoms with Crippen LogP contribution in [0.4, 0.5) is 5.82 Å². The molecule has 0 unspecified atom stereocenters. The summed E-state index contributed by atoms with van der Waals surface area (Å²) in [6.07, 6.45) is 4.19. The quantitative estimate of drug-likeness (QED) is 0.523. The molecule has 2 fully saturated rings. The summed E-state index contributed by atoms with van der Waals surface area (Å²) in [7, 11) is 0. The van der Waals surface area contributed by atoms with Gasteiger partial charge in [-0.2, -0.15) is 5.26 Å². The van der Waals surface area contributed by atoms with Gasteiger partial charge in [-0.05, 0) is 55.8 Å². The summed E-state index contributed by atoms with van der Waals surface area (Å²) < 4.78 is 1.76. The second-order valence-electron chi connectivity index (χ2n) is 8.71. The molecule has 5 rings (SSSR count). The first-order valence-electron chi connectivity index (χ1n) is 10.9. The monoisotopic (exact) mass is 470 g/mol. The van der Waals surface area contributed by atoms with Gasteiger partial charge in [0.1, 0.15) is 5.82 Å². The fourth-order valence-corrected chi connectivity index (χ4v) is 5.39. The van der Waals surface area contributed by atoms with Crippen molar-refractivity contribution in [2.45, 2.75) is 25.8 Å². The summed E-state index contributed by atoms with van der Waals surface area (Å²) in [6, 6.07) is 7.57. The normalized spacial score (nSPS) is 20.8. The highest BCUT2D eigenvalue weighted by Crippen LogP contribution is 2.34. The highest BCUT2D eigenvalue weighted by atomic mass is 35.5. The van der Waals surface area contributed by atoms with E-state index in [0.29, 0.717) is 39.7 Å². The number of hydrogen-bond acceptors (Lipinski definition) is 7. The second-order valence-corrected chi connectivity index (χ2v) is 9.56. The van der Waals surface area contributed by atoms with Gasteiger partial charge in [-0.25, -0.2) is 14.6 Å². The van der Waals surface area contributed by atoms with E-state index in [2.05, 4.69) is 31.2 Å². The van der Waals surface area contributed by atoms with Gasteiger partial charge < -0.3 is 4.90 Å². The number of fused-ring (bicyclic) bond motifs is 1. The Bertz CT molecular complexity index is 1170. The first-order chi connectivity index (χ1) is 15.5. The van der Waals surface area contributed by atoms with E-state index in [1.165, 1.54) is 12.8 Å². The van der Waals surface area contributed by atoms with E-state index in [1.54, 1.807) is 16.9 Å². The van der Waals surface area contributed by atoms with Crippen molar-refractivity contribution in [1.29, 1.82) is 5.26 Å². The lowest BCUT2D eigenvalue weighted by Crippen LogP contribution is -2.53. The minimum Gasteiger partial charge on any atom is -0.355 e. The molecule has 0 bridgehead atoms. The van der Waals surface area contributed by atoms with E-state index in [4.69, 9.17) is 33.4 Å². The summed E-state index contributed by atoms with van der Waals surface area (Å²) in [5.74, 6) is 2.12. The van der Waals surface area contributed by atoms with Crippen LogP contribution in [0.1, 0.15) is 31.4 Å². The Morgan fingerprint density at radius 2 is 2.06 bits per heavy atom. The Hall–Kier alpha value is -2.47. The molecule has 2 aliphatic heterocycles. The molecule has 3 aromatic rings. The predicted octanol–water partition coefficient (Wildman–Crippen LogP) is 3.81.